The molecule has 0 aliphatic carbocycles. The van der Waals surface area contributed by atoms with E-state index in [0.717, 1.165) is 0 Å². The van der Waals surface area contributed by atoms with Gasteiger partial charge >= 0.3 is 23.0 Å². The smallest absolute Gasteiger partial charge is 0.334 e. The molecule has 0 aliphatic heterocycles. The lowest BCUT2D eigenvalue weighted by Gasteiger charge is -2.20. The Labute approximate surface area is 100 Å². The van der Waals surface area contributed by atoms with Crippen LogP contribution in [0.4, 0.5) is 0 Å². The zero-order valence-electron chi connectivity index (χ0n) is 9.80. The molecule has 9 heteroatoms. The molecule has 0 amide bonds. The van der Waals surface area contributed by atoms with Gasteiger partial charge in [-0.3, -0.25) is 9.97 Å². The van der Waals surface area contributed by atoms with E-state index in [-0.39, 0.29) is 6.61 Å². The molecule has 9 nitrogen and oxygen atoms in total. The molecule has 0 aliphatic rings. The van der Waals surface area contributed by atoms with E-state index in [0.29, 0.717) is 4.57 Å². The van der Waals surface area contributed by atoms with Crippen molar-refractivity contribution in [2.75, 3.05) is 6.61 Å². The van der Waals surface area contributed by atoms with Crippen molar-refractivity contribution in [3.05, 3.63) is 31.5 Å². The van der Waals surface area contributed by atoms with Gasteiger partial charge in [0.15, 0.2) is 6.04 Å². The maximum Gasteiger partial charge on any atom is 0.334 e. The number of aromatic amines is 2. The normalized spacial score (nSPS) is 14.1. The van der Waals surface area contributed by atoms with Crippen molar-refractivity contribution in [1.82, 2.24) is 14.5 Å². The quantitative estimate of drug-likeness (QED) is 0.575. The monoisotopic (exact) mass is 259 g/mol. The lowest BCUT2D eigenvalue weighted by molar-refractivity contribution is -0.145. The molecule has 1 rings (SSSR count). The van der Waals surface area contributed by atoms with Crippen molar-refractivity contribution in [2.24, 2.45) is 0 Å². The SMILES string of the molecule is CCOC(C)C(C(=O)O)n1c(=O)[nH]c(=O)[nH]c1=O. The second-order valence-electron chi connectivity index (χ2n) is 3.50. The number of carbonyl (C=O) groups is 1. The maximum absolute atomic E-state index is 11.5. The predicted octanol–water partition coefficient (Wildman–Crippen LogP) is -1.72. The Morgan fingerprint density at radius 3 is 2.22 bits per heavy atom. The third kappa shape index (κ3) is 2.74. The first-order valence-corrected chi connectivity index (χ1v) is 5.18. The van der Waals surface area contributed by atoms with Gasteiger partial charge < -0.3 is 9.84 Å². The minimum absolute atomic E-state index is 0.223. The molecule has 1 heterocycles. The van der Waals surface area contributed by atoms with Crippen LogP contribution in [-0.2, 0) is 9.53 Å². The van der Waals surface area contributed by atoms with Crippen LogP contribution in [0.15, 0.2) is 14.4 Å². The van der Waals surface area contributed by atoms with Gasteiger partial charge in [0.2, 0.25) is 0 Å². The highest BCUT2D eigenvalue weighted by Gasteiger charge is 2.30. The van der Waals surface area contributed by atoms with E-state index in [1.807, 2.05) is 0 Å². The molecular formula is C9H13N3O6. The van der Waals surface area contributed by atoms with Crippen LogP contribution in [0.5, 0.6) is 0 Å². The predicted molar refractivity (Wildman–Crippen MR) is 59.7 cm³/mol. The van der Waals surface area contributed by atoms with E-state index >= 15 is 0 Å². The number of rotatable bonds is 5. The largest absolute Gasteiger partial charge is 0.480 e. The number of H-pyrrole nitrogens is 2. The fourth-order valence-corrected chi connectivity index (χ4v) is 1.57. The Bertz CT molecular complexity index is 563. The summed E-state index contributed by atoms with van der Waals surface area (Å²) < 4.78 is 5.48. The minimum atomic E-state index is -1.52. The van der Waals surface area contributed by atoms with Gasteiger partial charge in [0.1, 0.15) is 0 Å². The zero-order chi connectivity index (χ0) is 13.9. The lowest BCUT2D eigenvalue weighted by Crippen LogP contribution is -2.50. The van der Waals surface area contributed by atoms with Gasteiger partial charge in [0.05, 0.1) is 6.10 Å². The molecule has 1 aromatic heterocycles. The summed E-state index contributed by atoms with van der Waals surface area (Å²) in [4.78, 5) is 48.5. The standard InChI is InChI=1S/C9H13N3O6/c1-3-18-4(2)5(6(13)14)12-8(16)10-7(15)11-9(12)17/h4-5H,3H2,1-2H3,(H,13,14)(H2,10,11,15,16,17). The van der Waals surface area contributed by atoms with Crippen molar-refractivity contribution >= 4 is 5.97 Å². The molecule has 0 fully saturated rings. The number of nitrogens with zero attached hydrogens (tertiary/aromatic N) is 1. The molecule has 0 saturated heterocycles. The van der Waals surface area contributed by atoms with Crippen molar-refractivity contribution in [3.8, 4) is 0 Å². The molecule has 1 aromatic rings. The highest BCUT2D eigenvalue weighted by Crippen LogP contribution is 2.10. The van der Waals surface area contributed by atoms with Crippen LogP contribution in [0.3, 0.4) is 0 Å². The molecule has 0 aromatic carbocycles. The first-order valence-electron chi connectivity index (χ1n) is 5.18. The number of aliphatic carboxylic acids is 1. The number of carboxylic acid groups (broad SMARTS) is 1. The summed E-state index contributed by atoms with van der Waals surface area (Å²) in [6, 6.07) is -1.52. The molecule has 18 heavy (non-hydrogen) atoms. The first-order chi connectivity index (χ1) is 8.38. The van der Waals surface area contributed by atoms with Gasteiger partial charge in [-0.05, 0) is 13.8 Å². The number of aromatic nitrogens is 3. The van der Waals surface area contributed by atoms with E-state index in [2.05, 4.69) is 0 Å². The molecular weight excluding hydrogens is 246 g/mol. The van der Waals surface area contributed by atoms with E-state index in [1.165, 1.54) is 6.92 Å². The van der Waals surface area contributed by atoms with Crippen LogP contribution in [-0.4, -0.2) is 38.3 Å². The number of nitrogens with one attached hydrogen (secondary N) is 2. The van der Waals surface area contributed by atoms with E-state index in [1.54, 1.807) is 16.9 Å². The summed E-state index contributed by atoms with van der Waals surface area (Å²) in [5.74, 6) is -1.41. The van der Waals surface area contributed by atoms with E-state index in [9.17, 15) is 19.2 Å². The molecule has 100 valence electrons. The van der Waals surface area contributed by atoms with Gasteiger partial charge in [-0.15, -0.1) is 0 Å². The molecule has 0 saturated carbocycles. The Kier molecular flexibility index (Phi) is 4.21. The van der Waals surface area contributed by atoms with Crippen molar-refractivity contribution in [3.63, 3.8) is 0 Å². The lowest BCUT2D eigenvalue weighted by atomic mass is 10.2. The summed E-state index contributed by atoms with van der Waals surface area (Å²) in [6.07, 6.45) is -0.905. The first kappa shape index (κ1) is 13.9. The molecule has 0 bridgehead atoms. The average Bonchev–Trinajstić information content (AvgIpc) is 2.22. The van der Waals surface area contributed by atoms with Crippen LogP contribution in [0, 0.1) is 0 Å². The molecule has 2 atom stereocenters. The summed E-state index contributed by atoms with van der Waals surface area (Å²) in [5, 5.41) is 9.06. The van der Waals surface area contributed by atoms with Crippen LogP contribution in [0.2, 0.25) is 0 Å². The number of hydrogen-bond acceptors (Lipinski definition) is 5. The van der Waals surface area contributed by atoms with Crippen molar-refractivity contribution in [2.45, 2.75) is 26.0 Å². The Morgan fingerprint density at radius 2 is 1.83 bits per heavy atom. The average molecular weight is 259 g/mol. The Balaban J connectivity index is 3.40. The van der Waals surface area contributed by atoms with Crippen molar-refractivity contribution in [1.29, 1.82) is 0 Å². The number of carboxylic acids is 1. The van der Waals surface area contributed by atoms with Crippen LogP contribution in [0.25, 0.3) is 0 Å². The topological polar surface area (TPSA) is 134 Å². The third-order valence-electron chi connectivity index (χ3n) is 2.28. The van der Waals surface area contributed by atoms with Gasteiger partial charge in [-0.1, -0.05) is 0 Å². The van der Waals surface area contributed by atoms with Gasteiger partial charge in [-0.2, -0.15) is 0 Å². The summed E-state index contributed by atoms with van der Waals surface area (Å²) in [5.41, 5.74) is -3.18. The Morgan fingerprint density at radius 1 is 1.33 bits per heavy atom. The summed E-state index contributed by atoms with van der Waals surface area (Å²) in [6.45, 7) is 3.29. The van der Waals surface area contributed by atoms with Gasteiger partial charge in [-0.25, -0.2) is 23.7 Å². The zero-order valence-corrected chi connectivity index (χ0v) is 9.80. The molecule has 0 spiro atoms. The number of hydrogen-bond donors (Lipinski definition) is 3. The van der Waals surface area contributed by atoms with Crippen LogP contribution in [0.1, 0.15) is 19.9 Å². The number of ether oxygens (including phenoxy) is 1. The van der Waals surface area contributed by atoms with Crippen LogP contribution < -0.4 is 17.1 Å². The molecule has 0 radical (unpaired) electrons. The van der Waals surface area contributed by atoms with Crippen LogP contribution >= 0.6 is 0 Å². The third-order valence-corrected chi connectivity index (χ3v) is 2.28. The maximum atomic E-state index is 11.5. The van der Waals surface area contributed by atoms with Gasteiger partial charge in [0, 0.05) is 6.61 Å². The molecule has 3 N–H and O–H groups in total. The summed E-state index contributed by atoms with van der Waals surface area (Å²) in [7, 11) is 0. The Hall–Kier alpha value is -2.16. The van der Waals surface area contributed by atoms with Crippen molar-refractivity contribution < 1.29 is 14.6 Å². The minimum Gasteiger partial charge on any atom is -0.480 e. The van der Waals surface area contributed by atoms with E-state index < -0.39 is 35.2 Å². The van der Waals surface area contributed by atoms with E-state index in [4.69, 9.17) is 9.84 Å². The second kappa shape index (κ2) is 5.45. The fourth-order valence-electron chi connectivity index (χ4n) is 1.57. The highest BCUT2D eigenvalue weighted by molar-refractivity contribution is 5.72. The summed E-state index contributed by atoms with van der Waals surface area (Å²) >= 11 is 0. The fraction of sp³-hybridized carbons (Fsp3) is 0.556. The second-order valence-corrected chi connectivity index (χ2v) is 3.50. The molecule has 2 unspecified atom stereocenters. The highest BCUT2D eigenvalue weighted by atomic mass is 16.5. The van der Waals surface area contributed by atoms with Gasteiger partial charge in [0.25, 0.3) is 0 Å².